The van der Waals surface area contributed by atoms with Crippen LogP contribution in [0, 0.1) is 0 Å². The molecule has 1 aliphatic heterocycles. The maximum absolute atomic E-state index is 12.5. The summed E-state index contributed by atoms with van der Waals surface area (Å²) < 4.78 is 16.0. The lowest BCUT2D eigenvalue weighted by Crippen LogP contribution is -2.48. The average Bonchev–Trinajstić information content (AvgIpc) is 2.69. The molecule has 1 unspecified atom stereocenters. The number of benzene rings is 2. The number of nitrogens with zero attached hydrogens (tertiary/aromatic N) is 1. The Bertz CT molecular complexity index is 830. The van der Waals surface area contributed by atoms with E-state index in [0.29, 0.717) is 29.5 Å². The molecule has 1 heterocycles. The van der Waals surface area contributed by atoms with Crippen molar-refractivity contribution in [3.05, 3.63) is 48.0 Å². The molecule has 7 nitrogen and oxygen atoms in total. The van der Waals surface area contributed by atoms with Crippen LogP contribution in [-0.4, -0.2) is 38.7 Å². The Hall–Kier alpha value is -3.22. The Balaban J connectivity index is 1.68. The summed E-state index contributed by atoms with van der Waals surface area (Å²) >= 11 is 0. The highest BCUT2D eigenvalue weighted by Gasteiger charge is 2.32. The molecule has 0 saturated carbocycles. The summed E-state index contributed by atoms with van der Waals surface area (Å²) in [5, 5.41) is 2.83. The first-order chi connectivity index (χ1) is 13.0. The number of nitrogens with one attached hydrogen (secondary N) is 1. The van der Waals surface area contributed by atoms with Crippen LogP contribution in [0.25, 0.3) is 0 Å². The Kier molecular flexibility index (Phi) is 5.49. The Labute approximate surface area is 157 Å². The van der Waals surface area contributed by atoms with Crippen molar-refractivity contribution in [1.29, 1.82) is 0 Å². The maximum atomic E-state index is 12.5. The van der Waals surface area contributed by atoms with E-state index in [9.17, 15) is 9.59 Å². The molecule has 0 aromatic heterocycles. The summed E-state index contributed by atoms with van der Waals surface area (Å²) in [4.78, 5) is 26.3. The highest BCUT2D eigenvalue weighted by atomic mass is 16.5. The number of anilines is 1. The molecule has 0 aliphatic carbocycles. The summed E-state index contributed by atoms with van der Waals surface area (Å²) in [5.74, 6) is 1.37. The van der Waals surface area contributed by atoms with Crippen LogP contribution in [0.5, 0.6) is 17.2 Å². The van der Waals surface area contributed by atoms with Crippen molar-refractivity contribution >= 4 is 17.5 Å². The lowest BCUT2D eigenvalue weighted by molar-refractivity contribution is -0.128. The van der Waals surface area contributed by atoms with Gasteiger partial charge in [0.05, 0.1) is 19.9 Å². The van der Waals surface area contributed by atoms with E-state index in [4.69, 9.17) is 14.2 Å². The Morgan fingerprint density at radius 3 is 2.48 bits per heavy atom. The normalized spacial score (nSPS) is 15.6. The lowest BCUT2D eigenvalue weighted by Gasteiger charge is -2.32. The number of carbonyl (C=O) groups excluding carboxylic acids is 2. The second-order valence-corrected chi connectivity index (χ2v) is 6.15. The van der Waals surface area contributed by atoms with Crippen molar-refractivity contribution in [2.45, 2.75) is 19.6 Å². The molecule has 0 saturated heterocycles. The topological polar surface area (TPSA) is 77.1 Å². The monoisotopic (exact) mass is 370 g/mol. The molecule has 0 spiro atoms. The fourth-order valence-electron chi connectivity index (χ4n) is 2.89. The number of hydrogen-bond acceptors (Lipinski definition) is 5. The molecule has 7 heteroatoms. The van der Waals surface area contributed by atoms with Crippen molar-refractivity contribution in [1.82, 2.24) is 5.32 Å². The van der Waals surface area contributed by atoms with Crippen molar-refractivity contribution < 1.29 is 23.8 Å². The van der Waals surface area contributed by atoms with E-state index in [1.165, 1.54) is 4.90 Å². The predicted octanol–water partition coefficient (Wildman–Crippen LogP) is 2.13. The van der Waals surface area contributed by atoms with Crippen LogP contribution in [0.4, 0.5) is 5.69 Å². The van der Waals surface area contributed by atoms with E-state index >= 15 is 0 Å². The minimum atomic E-state index is -0.629. The number of amides is 2. The Morgan fingerprint density at radius 2 is 1.81 bits per heavy atom. The third-order valence-electron chi connectivity index (χ3n) is 4.28. The zero-order valence-electron chi connectivity index (χ0n) is 15.5. The van der Waals surface area contributed by atoms with Gasteiger partial charge in [0, 0.05) is 12.6 Å². The third-order valence-corrected chi connectivity index (χ3v) is 4.28. The SMILES string of the molecule is COc1cc(CNC(=O)CN2C(=O)C(C)Oc3ccccc32)cc(OC)c1. The standard InChI is InChI=1S/C20H22N2O5/c1-13-20(24)22(17-6-4-5-7-18(17)27-13)12-19(23)21-11-14-8-15(25-2)10-16(9-14)26-3/h4-10,13H,11-12H2,1-3H3,(H,21,23). The largest absolute Gasteiger partial charge is 0.497 e. The molecule has 0 bridgehead atoms. The van der Waals surface area contributed by atoms with Gasteiger partial charge in [-0.05, 0) is 36.8 Å². The summed E-state index contributed by atoms with van der Waals surface area (Å²) in [5.41, 5.74) is 1.43. The smallest absolute Gasteiger partial charge is 0.268 e. The highest BCUT2D eigenvalue weighted by Crippen LogP contribution is 2.33. The fraction of sp³-hybridized carbons (Fsp3) is 0.300. The number of rotatable bonds is 6. The molecule has 0 fully saturated rings. The van der Waals surface area contributed by atoms with E-state index in [1.807, 2.05) is 18.2 Å². The molecule has 27 heavy (non-hydrogen) atoms. The van der Waals surface area contributed by atoms with E-state index in [1.54, 1.807) is 45.4 Å². The molecular weight excluding hydrogens is 348 g/mol. The van der Waals surface area contributed by atoms with E-state index in [2.05, 4.69) is 5.32 Å². The molecule has 2 aromatic rings. The van der Waals surface area contributed by atoms with Gasteiger partial charge in [-0.15, -0.1) is 0 Å². The molecule has 0 radical (unpaired) electrons. The lowest BCUT2D eigenvalue weighted by atomic mass is 10.2. The van der Waals surface area contributed by atoms with Gasteiger partial charge >= 0.3 is 0 Å². The van der Waals surface area contributed by atoms with Gasteiger partial charge in [-0.3, -0.25) is 14.5 Å². The molecule has 2 amide bonds. The van der Waals surface area contributed by atoms with Gasteiger partial charge in [0.1, 0.15) is 23.8 Å². The van der Waals surface area contributed by atoms with Gasteiger partial charge in [-0.2, -0.15) is 0 Å². The van der Waals surface area contributed by atoms with Crippen LogP contribution < -0.4 is 24.4 Å². The Morgan fingerprint density at radius 1 is 1.15 bits per heavy atom. The fourth-order valence-corrected chi connectivity index (χ4v) is 2.89. The van der Waals surface area contributed by atoms with E-state index in [-0.39, 0.29) is 18.4 Å². The molecule has 142 valence electrons. The highest BCUT2D eigenvalue weighted by molar-refractivity contribution is 6.03. The number of para-hydroxylation sites is 2. The summed E-state index contributed by atoms with van der Waals surface area (Å²) in [7, 11) is 3.14. The maximum Gasteiger partial charge on any atom is 0.268 e. The van der Waals surface area contributed by atoms with Gasteiger partial charge in [0.15, 0.2) is 6.10 Å². The van der Waals surface area contributed by atoms with Crippen molar-refractivity contribution in [3.63, 3.8) is 0 Å². The second kappa shape index (κ2) is 7.99. The first kappa shape index (κ1) is 18.6. The number of fused-ring (bicyclic) bond motifs is 1. The van der Waals surface area contributed by atoms with Crippen LogP contribution in [-0.2, 0) is 16.1 Å². The van der Waals surface area contributed by atoms with Crippen LogP contribution >= 0.6 is 0 Å². The van der Waals surface area contributed by atoms with Crippen LogP contribution in [0.1, 0.15) is 12.5 Å². The minimum absolute atomic E-state index is 0.0787. The molecule has 3 rings (SSSR count). The number of methoxy groups -OCH3 is 2. The number of carbonyl (C=O) groups is 2. The first-order valence-electron chi connectivity index (χ1n) is 8.57. The second-order valence-electron chi connectivity index (χ2n) is 6.15. The van der Waals surface area contributed by atoms with Crippen molar-refractivity contribution in [2.75, 3.05) is 25.7 Å². The van der Waals surface area contributed by atoms with Gasteiger partial charge < -0.3 is 19.5 Å². The number of ether oxygens (including phenoxy) is 3. The molecule has 2 aromatic carbocycles. The van der Waals surface area contributed by atoms with Crippen LogP contribution in [0.2, 0.25) is 0 Å². The molecule has 1 aliphatic rings. The molecular formula is C20H22N2O5. The zero-order valence-corrected chi connectivity index (χ0v) is 15.5. The van der Waals surface area contributed by atoms with Gasteiger partial charge in [0.2, 0.25) is 5.91 Å². The van der Waals surface area contributed by atoms with Gasteiger partial charge in [-0.25, -0.2) is 0 Å². The zero-order chi connectivity index (χ0) is 19.4. The predicted molar refractivity (Wildman–Crippen MR) is 100 cm³/mol. The third kappa shape index (κ3) is 4.13. The van der Waals surface area contributed by atoms with Gasteiger partial charge in [-0.1, -0.05) is 12.1 Å². The summed E-state index contributed by atoms with van der Waals surface area (Å²) in [6.07, 6.45) is -0.629. The molecule has 1 N–H and O–H groups in total. The number of hydrogen-bond donors (Lipinski definition) is 1. The molecule has 1 atom stereocenters. The van der Waals surface area contributed by atoms with Gasteiger partial charge in [0.25, 0.3) is 5.91 Å². The van der Waals surface area contributed by atoms with Crippen LogP contribution in [0.15, 0.2) is 42.5 Å². The minimum Gasteiger partial charge on any atom is -0.497 e. The van der Waals surface area contributed by atoms with Crippen LogP contribution in [0.3, 0.4) is 0 Å². The van der Waals surface area contributed by atoms with E-state index < -0.39 is 6.10 Å². The van der Waals surface area contributed by atoms with Crippen molar-refractivity contribution in [3.8, 4) is 17.2 Å². The van der Waals surface area contributed by atoms with Crippen molar-refractivity contribution in [2.24, 2.45) is 0 Å². The summed E-state index contributed by atoms with van der Waals surface area (Å²) in [6, 6.07) is 12.6. The first-order valence-corrected chi connectivity index (χ1v) is 8.57. The quantitative estimate of drug-likeness (QED) is 0.843. The summed E-state index contributed by atoms with van der Waals surface area (Å²) in [6.45, 7) is 1.89. The average molecular weight is 370 g/mol. The van der Waals surface area contributed by atoms with E-state index in [0.717, 1.165) is 5.56 Å².